The molecule has 0 aliphatic carbocycles. The van der Waals surface area contributed by atoms with E-state index in [-0.39, 0.29) is 87.4 Å². The molecule has 0 saturated heterocycles. The van der Waals surface area contributed by atoms with Gasteiger partial charge >= 0.3 is 0 Å². The van der Waals surface area contributed by atoms with Crippen LogP contribution in [-0.2, 0) is 66.4 Å². The highest BCUT2D eigenvalue weighted by Crippen LogP contribution is 2.35. The molecule has 14 heteroatoms. The number of carbonyl (C=O) groups is 6. The Kier molecular flexibility index (Phi) is 28.1. The molecule has 12 nitrogen and oxygen atoms in total. The molecule has 111 heavy (non-hydrogen) atoms. The molecule has 6 aromatic heterocycles. The molecule has 0 fully saturated rings. The average molecular weight is 1510 g/mol. The van der Waals surface area contributed by atoms with Crippen molar-refractivity contribution in [3.05, 3.63) is 216 Å². The summed E-state index contributed by atoms with van der Waals surface area (Å²) < 4.78 is 38.8. The number of hydrogen-bond donors (Lipinski definition) is 0. The van der Waals surface area contributed by atoms with Crippen molar-refractivity contribution in [2.75, 3.05) is 0 Å². The lowest BCUT2D eigenvalue weighted by Crippen LogP contribution is -2.42. The Balaban J connectivity index is 0.000000208. The molecule has 1 atom stereocenters. The van der Waals surface area contributed by atoms with Crippen molar-refractivity contribution in [1.82, 2.24) is 27.4 Å². The van der Waals surface area contributed by atoms with Crippen LogP contribution in [0.3, 0.4) is 0 Å². The van der Waals surface area contributed by atoms with Crippen LogP contribution in [0.15, 0.2) is 177 Å². The highest BCUT2D eigenvalue weighted by molar-refractivity contribution is 5.95. The summed E-state index contributed by atoms with van der Waals surface area (Å²) in [7, 11) is 0. The molecule has 0 aliphatic rings. The SMILES string of the molecule is C.C#Cc1cccc2c1ccn2CC(=O)C(C)(C)C.CC(C)(C)C(=O)Cn1ccc2ccc(C(C)(F)F)cc21.Cc1ccc2c(c1)c(C)cn2CC(=O)C(C)(C)C.Cc1ccc2c(ccn2C(C)C(=O)C(C)(C)C)c1.Cc1ccc2c(ccn2CC(=O)C(C)(C)C)c1.Cc1cccc2c1ccn2C(C)(C)C(=O)C(C)(C)C. The number of ketones is 6. The van der Waals surface area contributed by atoms with E-state index in [1.165, 1.54) is 61.5 Å². The second-order valence-electron chi connectivity index (χ2n) is 36.5. The van der Waals surface area contributed by atoms with Gasteiger partial charge in [-0.2, -0.15) is 0 Å². The summed E-state index contributed by atoms with van der Waals surface area (Å²) in [6.45, 7) is 53.9. The standard InChI is InChI=1S/C17H23NO.C16H19F2NO.2C16H21NO.C16H17NO.C15H19NO.CH4/c1-12-8-7-9-14-13(12)10-11-18(14)17(5,6)15(19)16(2,3)4;1-15(2,3)14(20)10-19-8-7-11-5-6-12(9-13(11)19)16(4,17)18;1-11-6-7-14-13(8-11)12(2)9-17(14)10-15(18)16(3,4)5;1-11-6-7-14-13(10-11)8-9-17(14)12(2)15(18)16(3,4)5;1-5-12-7-6-8-14-13(12)9-10-17(14)11-15(18)16(2,3)4;1-11-5-6-13-12(9-11)7-8-16(13)10-14(17)15(2,3)4;/h7-11H,1-6H3;5-9H,10H2,1-4H3;6-9H,10H2,1-5H3;6-10,12H,1-5H3;1,6-10H,11H2,2-4H3;5-9H,10H2,1-4H3;1H4. The Hall–Kier alpha value is -10.0. The highest BCUT2D eigenvalue weighted by Gasteiger charge is 2.38. The molecular formula is C97H124F2N6O6. The van der Waals surface area contributed by atoms with Crippen LogP contribution in [-0.4, -0.2) is 62.1 Å². The molecule has 0 spiro atoms. The summed E-state index contributed by atoms with van der Waals surface area (Å²) >= 11 is 0. The molecule has 0 aliphatic heterocycles. The lowest BCUT2D eigenvalue weighted by molar-refractivity contribution is -0.134. The first-order valence-corrected chi connectivity index (χ1v) is 38.1. The Bertz CT molecular complexity index is 5380. The predicted octanol–water partition coefficient (Wildman–Crippen LogP) is 24.1. The molecule has 6 aromatic carbocycles. The zero-order valence-electron chi connectivity index (χ0n) is 70.6. The van der Waals surface area contributed by atoms with E-state index in [1.807, 2.05) is 216 Å². The second-order valence-corrected chi connectivity index (χ2v) is 36.5. The topological polar surface area (TPSA) is 132 Å². The van der Waals surface area contributed by atoms with E-state index in [1.54, 1.807) is 16.8 Å². The van der Waals surface area contributed by atoms with E-state index in [0.717, 1.165) is 50.8 Å². The van der Waals surface area contributed by atoms with E-state index in [9.17, 15) is 37.5 Å². The lowest BCUT2D eigenvalue weighted by atomic mass is 9.80. The van der Waals surface area contributed by atoms with Crippen LogP contribution < -0.4 is 0 Å². The number of terminal acetylenes is 1. The zero-order chi connectivity index (χ0) is 82.5. The number of alkyl halides is 2. The molecule has 592 valence electrons. The summed E-state index contributed by atoms with van der Waals surface area (Å²) in [6.07, 6.45) is 17.3. The maximum Gasteiger partial charge on any atom is 0.270 e. The maximum atomic E-state index is 13.4. The van der Waals surface area contributed by atoms with E-state index in [0.29, 0.717) is 25.2 Å². The van der Waals surface area contributed by atoms with Crippen molar-refractivity contribution in [2.24, 2.45) is 32.5 Å². The van der Waals surface area contributed by atoms with Crippen LogP contribution in [0.25, 0.3) is 65.4 Å². The first-order valence-electron chi connectivity index (χ1n) is 38.1. The van der Waals surface area contributed by atoms with Gasteiger partial charge in [-0.1, -0.05) is 203 Å². The van der Waals surface area contributed by atoms with E-state index < -0.39 is 16.9 Å². The molecule has 0 amide bonds. The number of aromatic nitrogens is 6. The van der Waals surface area contributed by atoms with Crippen molar-refractivity contribution in [3.8, 4) is 12.3 Å². The van der Waals surface area contributed by atoms with Crippen LogP contribution in [0.5, 0.6) is 0 Å². The summed E-state index contributed by atoms with van der Waals surface area (Å²) in [5.41, 5.74) is 10.8. The number of hydrogen-bond acceptors (Lipinski definition) is 6. The fourth-order valence-electron chi connectivity index (χ4n) is 13.0. The molecule has 1 unspecified atom stereocenters. The van der Waals surface area contributed by atoms with Gasteiger partial charge in [0.2, 0.25) is 0 Å². The minimum atomic E-state index is -2.88. The summed E-state index contributed by atoms with van der Waals surface area (Å²) in [5, 5.41) is 6.76. The van der Waals surface area contributed by atoms with Crippen molar-refractivity contribution in [2.45, 2.75) is 238 Å². The molecule has 0 radical (unpaired) electrons. The van der Waals surface area contributed by atoms with Crippen LogP contribution in [0.1, 0.15) is 205 Å². The molecule has 0 N–H and O–H groups in total. The Morgan fingerprint density at radius 3 is 1.32 bits per heavy atom. The highest BCUT2D eigenvalue weighted by atomic mass is 19.3. The molecule has 6 heterocycles. The fraction of sp³-hybridized carbons (Fsp3) is 0.423. The third-order valence-electron chi connectivity index (χ3n) is 20.2. The second kappa shape index (κ2) is 34.7. The van der Waals surface area contributed by atoms with E-state index in [4.69, 9.17) is 6.42 Å². The number of aryl methyl sites for hydroxylation is 5. The minimum Gasteiger partial charge on any atom is -0.340 e. The zero-order valence-corrected chi connectivity index (χ0v) is 70.6. The minimum absolute atomic E-state index is 0. The molecule has 0 bridgehead atoms. The largest absolute Gasteiger partial charge is 0.340 e. The van der Waals surface area contributed by atoms with Crippen molar-refractivity contribution < 1.29 is 37.5 Å². The van der Waals surface area contributed by atoms with Gasteiger partial charge in [0.15, 0.2) is 34.7 Å². The van der Waals surface area contributed by atoms with Crippen LogP contribution >= 0.6 is 0 Å². The van der Waals surface area contributed by atoms with Gasteiger partial charge in [-0.25, -0.2) is 8.78 Å². The lowest BCUT2D eigenvalue weighted by Gasteiger charge is -2.33. The molecule has 12 aromatic rings. The van der Waals surface area contributed by atoms with Crippen LogP contribution in [0.2, 0.25) is 0 Å². The van der Waals surface area contributed by atoms with Gasteiger partial charge in [0.25, 0.3) is 5.92 Å². The number of Topliss-reactive ketones (excluding diaryl/α,β-unsaturated/α-hetero) is 6. The number of nitrogens with zero attached hydrogens (tertiary/aromatic N) is 6. The monoisotopic (exact) mass is 1510 g/mol. The van der Waals surface area contributed by atoms with Gasteiger partial charge in [0, 0.05) is 137 Å². The van der Waals surface area contributed by atoms with Crippen molar-refractivity contribution in [3.63, 3.8) is 0 Å². The first kappa shape index (κ1) is 89.9. The van der Waals surface area contributed by atoms with Gasteiger partial charge < -0.3 is 27.4 Å². The summed E-state index contributed by atoms with van der Waals surface area (Å²) in [6, 6.07) is 45.6. The Labute approximate surface area is 660 Å². The third kappa shape index (κ3) is 22.4. The van der Waals surface area contributed by atoms with Crippen LogP contribution in [0, 0.1) is 79.5 Å². The predicted molar refractivity (Wildman–Crippen MR) is 460 cm³/mol. The Morgan fingerprint density at radius 1 is 0.387 bits per heavy atom. The first-order chi connectivity index (χ1) is 50.6. The van der Waals surface area contributed by atoms with E-state index >= 15 is 0 Å². The Morgan fingerprint density at radius 2 is 0.811 bits per heavy atom. The normalized spacial score (nSPS) is 12.4. The van der Waals surface area contributed by atoms with Crippen molar-refractivity contribution in [1.29, 1.82) is 0 Å². The summed E-state index contributed by atoms with van der Waals surface area (Å²) in [5.74, 6) is 1.11. The molecule has 0 saturated carbocycles. The maximum absolute atomic E-state index is 13.4. The van der Waals surface area contributed by atoms with Gasteiger partial charge in [-0.3, -0.25) is 28.8 Å². The van der Waals surface area contributed by atoms with E-state index in [2.05, 4.69) is 145 Å². The third-order valence-corrected chi connectivity index (χ3v) is 20.2. The summed E-state index contributed by atoms with van der Waals surface area (Å²) in [4.78, 5) is 73.4. The smallest absolute Gasteiger partial charge is 0.270 e. The van der Waals surface area contributed by atoms with Gasteiger partial charge in [0.05, 0.1) is 37.8 Å². The average Bonchev–Trinajstić information content (AvgIpc) is 1.52. The molecule has 12 rings (SSSR count). The van der Waals surface area contributed by atoms with Gasteiger partial charge in [-0.15, -0.1) is 6.42 Å². The number of carbonyl (C=O) groups excluding carboxylic acids is 6. The number of fused-ring (bicyclic) bond motifs is 6. The molecular weight excluding hydrogens is 1380 g/mol. The number of benzene rings is 6. The van der Waals surface area contributed by atoms with Gasteiger partial charge in [-0.05, 0) is 174 Å². The number of rotatable bonds is 13. The fourth-order valence-corrected chi connectivity index (χ4v) is 13.0. The van der Waals surface area contributed by atoms with Crippen LogP contribution in [0.4, 0.5) is 8.78 Å². The van der Waals surface area contributed by atoms with Crippen molar-refractivity contribution >= 4 is 100 Å². The van der Waals surface area contributed by atoms with Gasteiger partial charge in [0.1, 0.15) is 0 Å². The number of halogens is 2. The quantitative estimate of drug-likeness (QED) is 0.106.